The number of hydrogen-bond donors (Lipinski definition) is 1. The van der Waals surface area contributed by atoms with E-state index in [0.29, 0.717) is 11.6 Å². The fraction of sp³-hybridized carbons (Fsp3) is 0.278. The van der Waals surface area contributed by atoms with E-state index in [4.69, 9.17) is 0 Å². The second-order valence-electron chi connectivity index (χ2n) is 5.46. The van der Waals surface area contributed by atoms with Crippen LogP contribution in [0.4, 0.5) is 18.9 Å². The number of ether oxygens (including phenoxy) is 1. The number of amides is 1. The molecule has 2 aromatic rings. The van der Waals surface area contributed by atoms with Crippen molar-refractivity contribution in [1.82, 2.24) is 0 Å². The molecule has 1 atom stereocenters. The summed E-state index contributed by atoms with van der Waals surface area (Å²) in [6.45, 7) is 4.23. The van der Waals surface area contributed by atoms with Gasteiger partial charge in [-0.1, -0.05) is 26.0 Å². The minimum atomic E-state index is -4.75. The lowest BCUT2D eigenvalue weighted by Gasteiger charge is -2.11. The molecule has 1 N–H and O–H groups in total. The van der Waals surface area contributed by atoms with Gasteiger partial charge in [0, 0.05) is 11.3 Å². The predicted molar refractivity (Wildman–Crippen MR) is 86.2 cm³/mol. The zero-order valence-corrected chi connectivity index (χ0v) is 13.4. The summed E-state index contributed by atoms with van der Waals surface area (Å²) >= 11 is 0. The average molecular weight is 337 g/mol. The van der Waals surface area contributed by atoms with E-state index in [1.54, 1.807) is 12.1 Å². The quantitative estimate of drug-likeness (QED) is 0.798. The van der Waals surface area contributed by atoms with Crippen LogP contribution in [0.3, 0.4) is 0 Å². The van der Waals surface area contributed by atoms with Crippen LogP contribution in [0.1, 0.15) is 42.1 Å². The molecule has 6 heteroatoms. The van der Waals surface area contributed by atoms with Crippen LogP contribution < -0.4 is 10.1 Å². The molecule has 2 aromatic carbocycles. The molecule has 128 valence electrons. The SMILES string of the molecule is CC[C@@H](C)c1ccc(NC(=O)c2ccc(OC(F)(F)F)cc2)cc1. The van der Waals surface area contributed by atoms with Gasteiger partial charge in [0.2, 0.25) is 0 Å². The molecule has 0 aliphatic carbocycles. The summed E-state index contributed by atoms with van der Waals surface area (Å²) in [5.74, 6) is -0.322. The van der Waals surface area contributed by atoms with Gasteiger partial charge >= 0.3 is 6.36 Å². The van der Waals surface area contributed by atoms with Gasteiger partial charge in [-0.25, -0.2) is 0 Å². The van der Waals surface area contributed by atoms with E-state index >= 15 is 0 Å². The molecule has 0 aliphatic rings. The number of hydrogen-bond acceptors (Lipinski definition) is 2. The van der Waals surface area contributed by atoms with Crippen LogP contribution in [0.2, 0.25) is 0 Å². The molecular weight excluding hydrogens is 319 g/mol. The second-order valence-corrected chi connectivity index (χ2v) is 5.46. The number of carbonyl (C=O) groups excluding carboxylic acids is 1. The molecule has 0 heterocycles. The smallest absolute Gasteiger partial charge is 0.406 e. The summed E-state index contributed by atoms with van der Waals surface area (Å²) < 4.78 is 40.1. The first-order valence-electron chi connectivity index (χ1n) is 7.55. The Hall–Kier alpha value is -2.50. The van der Waals surface area contributed by atoms with Gasteiger partial charge in [0.05, 0.1) is 0 Å². The summed E-state index contributed by atoms with van der Waals surface area (Å²) in [5.41, 5.74) is 2.06. The second kappa shape index (κ2) is 7.38. The summed E-state index contributed by atoms with van der Waals surface area (Å²) in [6, 6.07) is 12.3. The molecule has 0 aliphatic heterocycles. The molecular formula is C18H18F3NO2. The van der Waals surface area contributed by atoms with Gasteiger partial charge in [-0.15, -0.1) is 13.2 Å². The zero-order valence-electron chi connectivity index (χ0n) is 13.4. The monoisotopic (exact) mass is 337 g/mol. The molecule has 0 saturated heterocycles. The number of rotatable bonds is 5. The van der Waals surface area contributed by atoms with Crippen molar-refractivity contribution >= 4 is 11.6 Å². The lowest BCUT2D eigenvalue weighted by molar-refractivity contribution is -0.274. The third-order valence-corrected chi connectivity index (χ3v) is 3.70. The van der Waals surface area contributed by atoms with E-state index in [9.17, 15) is 18.0 Å². The molecule has 0 radical (unpaired) electrons. The van der Waals surface area contributed by atoms with Gasteiger partial charge in [-0.2, -0.15) is 0 Å². The lowest BCUT2D eigenvalue weighted by atomic mass is 9.98. The summed E-state index contributed by atoms with van der Waals surface area (Å²) in [6.07, 6.45) is -3.72. The van der Waals surface area contributed by atoms with E-state index in [1.165, 1.54) is 17.7 Å². The number of benzene rings is 2. The minimum absolute atomic E-state index is 0.246. The molecule has 1 amide bonds. The number of alkyl halides is 3. The third-order valence-electron chi connectivity index (χ3n) is 3.70. The molecule has 0 bridgehead atoms. The van der Waals surface area contributed by atoms with E-state index in [-0.39, 0.29) is 11.3 Å². The number of halogens is 3. The highest BCUT2D eigenvalue weighted by Gasteiger charge is 2.31. The normalized spacial score (nSPS) is 12.5. The predicted octanol–water partition coefficient (Wildman–Crippen LogP) is 5.35. The summed E-state index contributed by atoms with van der Waals surface area (Å²) in [4.78, 5) is 12.1. The Morgan fingerprint density at radius 3 is 2.17 bits per heavy atom. The zero-order chi connectivity index (χ0) is 17.7. The first-order valence-corrected chi connectivity index (χ1v) is 7.55. The Kier molecular flexibility index (Phi) is 5.49. The van der Waals surface area contributed by atoms with E-state index in [1.807, 2.05) is 12.1 Å². The molecule has 24 heavy (non-hydrogen) atoms. The molecule has 0 unspecified atom stereocenters. The van der Waals surface area contributed by atoms with E-state index in [2.05, 4.69) is 23.9 Å². The van der Waals surface area contributed by atoms with Gasteiger partial charge < -0.3 is 10.1 Å². The lowest BCUT2D eigenvalue weighted by Crippen LogP contribution is -2.17. The van der Waals surface area contributed by atoms with Gasteiger partial charge in [0.1, 0.15) is 5.75 Å². The fourth-order valence-corrected chi connectivity index (χ4v) is 2.14. The number of anilines is 1. The number of nitrogens with one attached hydrogen (secondary N) is 1. The van der Waals surface area contributed by atoms with E-state index in [0.717, 1.165) is 18.6 Å². The maximum absolute atomic E-state index is 12.1. The van der Waals surface area contributed by atoms with Crippen molar-refractivity contribution in [3.8, 4) is 5.75 Å². The Labute approximate surface area is 138 Å². The van der Waals surface area contributed by atoms with Crippen molar-refractivity contribution in [2.75, 3.05) is 5.32 Å². The fourth-order valence-electron chi connectivity index (χ4n) is 2.14. The van der Waals surface area contributed by atoms with Crippen molar-refractivity contribution < 1.29 is 22.7 Å². The van der Waals surface area contributed by atoms with Gasteiger partial charge in [0.25, 0.3) is 5.91 Å². The van der Waals surface area contributed by atoms with Crippen molar-refractivity contribution in [2.45, 2.75) is 32.5 Å². The third kappa shape index (κ3) is 5.01. The van der Waals surface area contributed by atoms with Crippen molar-refractivity contribution in [3.63, 3.8) is 0 Å². The van der Waals surface area contributed by atoms with Gasteiger partial charge in [0.15, 0.2) is 0 Å². The van der Waals surface area contributed by atoms with Crippen LogP contribution in [-0.2, 0) is 0 Å². The van der Waals surface area contributed by atoms with Crippen molar-refractivity contribution in [3.05, 3.63) is 59.7 Å². The highest BCUT2D eigenvalue weighted by molar-refractivity contribution is 6.04. The highest BCUT2D eigenvalue weighted by atomic mass is 19.4. The topological polar surface area (TPSA) is 38.3 Å². The summed E-state index contributed by atoms with van der Waals surface area (Å²) in [5, 5.41) is 2.71. The van der Waals surface area contributed by atoms with Crippen LogP contribution in [0.25, 0.3) is 0 Å². The summed E-state index contributed by atoms with van der Waals surface area (Å²) in [7, 11) is 0. The molecule has 2 rings (SSSR count). The standard InChI is InChI=1S/C18H18F3NO2/c1-3-12(2)13-4-8-15(9-5-13)22-17(23)14-6-10-16(11-7-14)24-18(19,20)21/h4-12H,3H2,1-2H3,(H,22,23)/t12-/m1/s1. The highest BCUT2D eigenvalue weighted by Crippen LogP contribution is 2.23. The van der Waals surface area contributed by atoms with Crippen LogP contribution in [0.5, 0.6) is 5.75 Å². The molecule has 0 aromatic heterocycles. The van der Waals surface area contributed by atoms with Crippen LogP contribution in [0, 0.1) is 0 Å². The first-order chi connectivity index (χ1) is 11.3. The van der Waals surface area contributed by atoms with Crippen LogP contribution in [0.15, 0.2) is 48.5 Å². The van der Waals surface area contributed by atoms with Crippen molar-refractivity contribution in [2.24, 2.45) is 0 Å². The first kappa shape index (κ1) is 17.8. The molecule has 0 saturated carbocycles. The van der Waals surface area contributed by atoms with Gasteiger partial charge in [-0.3, -0.25) is 4.79 Å². The minimum Gasteiger partial charge on any atom is -0.406 e. The number of carbonyl (C=O) groups is 1. The van der Waals surface area contributed by atoms with Crippen LogP contribution in [-0.4, -0.2) is 12.3 Å². The Morgan fingerprint density at radius 1 is 1.08 bits per heavy atom. The Balaban J connectivity index is 2.01. The largest absolute Gasteiger partial charge is 0.573 e. The van der Waals surface area contributed by atoms with Crippen molar-refractivity contribution in [1.29, 1.82) is 0 Å². The van der Waals surface area contributed by atoms with E-state index < -0.39 is 12.3 Å². The molecule has 0 spiro atoms. The molecule has 3 nitrogen and oxygen atoms in total. The van der Waals surface area contributed by atoms with Crippen LogP contribution >= 0.6 is 0 Å². The Morgan fingerprint density at radius 2 is 1.67 bits per heavy atom. The molecule has 0 fully saturated rings. The van der Waals surface area contributed by atoms with Gasteiger partial charge in [-0.05, 0) is 54.3 Å². The maximum atomic E-state index is 12.1. The Bertz CT molecular complexity index is 679. The maximum Gasteiger partial charge on any atom is 0.573 e. The average Bonchev–Trinajstić information content (AvgIpc) is 2.54.